The summed E-state index contributed by atoms with van der Waals surface area (Å²) in [5.74, 6) is -1.62. The van der Waals surface area contributed by atoms with Gasteiger partial charge in [-0.05, 0) is 44.6 Å². The highest BCUT2D eigenvalue weighted by molar-refractivity contribution is 4.89. The Balaban J connectivity index is 1.83. The highest BCUT2D eigenvalue weighted by Crippen LogP contribution is 2.41. The Kier molecular flexibility index (Phi) is 4.36. The Hall–Kier alpha value is -0.220. The van der Waals surface area contributed by atoms with Gasteiger partial charge in [-0.15, -0.1) is 0 Å². The van der Waals surface area contributed by atoms with Crippen LogP contribution in [0.2, 0.25) is 0 Å². The van der Waals surface area contributed by atoms with Gasteiger partial charge in [0.2, 0.25) is 5.92 Å². The molecule has 2 rings (SSSR count). The second kappa shape index (κ2) is 5.61. The van der Waals surface area contributed by atoms with E-state index in [4.69, 9.17) is 4.74 Å². The first-order valence-electron chi connectivity index (χ1n) is 6.73. The molecule has 0 aromatic heterocycles. The first-order chi connectivity index (χ1) is 8.11. The van der Waals surface area contributed by atoms with Crippen molar-refractivity contribution >= 4 is 0 Å². The molecule has 0 amide bonds. The van der Waals surface area contributed by atoms with E-state index in [0.717, 1.165) is 32.5 Å². The maximum Gasteiger partial charge on any atom is 0.248 e. The molecule has 2 atom stereocenters. The Morgan fingerprint density at radius 2 is 2.00 bits per heavy atom. The van der Waals surface area contributed by atoms with Crippen LogP contribution in [0.4, 0.5) is 8.78 Å². The van der Waals surface area contributed by atoms with Crippen LogP contribution in [0.3, 0.4) is 0 Å². The Bertz CT molecular complexity index is 242. The van der Waals surface area contributed by atoms with Gasteiger partial charge in [0.25, 0.3) is 0 Å². The normalized spacial score (nSPS) is 31.6. The van der Waals surface area contributed by atoms with Crippen molar-refractivity contribution in [3.63, 3.8) is 0 Å². The molecule has 1 N–H and O–H groups in total. The topological polar surface area (TPSA) is 21.3 Å². The van der Waals surface area contributed by atoms with Crippen LogP contribution in [0.15, 0.2) is 0 Å². The summed E-state index contributed by atoms with van der Waals surface area (Å²) in [5.41, 5.74) is 0. The van der Waals surface area contributed by atoms with E-state index >= 15 is 0 Å². The molecule has 2 nitrogen and oxygen atoms in total. The van der Waals surface area contributed by atoms with Crippen LogP contribution in [-0.2, 0) is 4.74 Å². The number of ether oxygens (including phenoxy) is 1. The van der Waals surface area contributed by atoms with Gasteiger partial charge in [-0.3, -0.25) is 0 Å². The van der Waals surface area contributed by atoms with E-state index in [9.17, 15) is 8.78 Å². The van der Waals surface area contributed by atoms with Crippen LogP contribution in [0.5, 0.6) is 0 Å². The van der Waals surface area contributed by atoms with Crippen LogP contribution < -0.4 is 5.32 Å². The molecule has 100 valence electrons. The zero-order chi connectivity index (χ0) is 12.3. The van der Waals surface area contributed by atoms with Crippen molar-refractivity contribution in [3.8, 4) is 0 Å². The van der Waals surface area contributed by atoms with Crippen molar-refractivity contribution in [2.45, 2.75) is 50.5 Å². The maximum atomic E-state index is 13.2. The lowest BCUT2D eigenvalue weighted by Crippen LogP contribution is -2.36. The van der Waals surface area contributed by atoms with Gasteiger partial charge in [0.15, 0.2) is 0 Å². The van der Waals surface area contributed by atoms with E-state index in [1.807, 2.05) is 7.05 Å². The summed E-state index contributed by atoms with van der Waals surface area (Å²) < 4.78 is 31.8. The van der Waals surface area contributed by atoms with Gasteiger partial charge in [0.05, 0.1) is 0 Å². The minimum absolute atomic E-state index is 0.0712. The van der Waals surface area contributed by atoms with Crippen LogP contribution in [0, 0.1) is 11.8 Å². The van der Waals surface area contributed by atoms with Gasteiger partial charge in [0.1, 0.15) is 0 Å². The van der Waals surface area contributed by atoms with E-state index in [0.29, 0.717) is 12.3 Å². The molecule has 2 fully saturated rings. The summed E-state index contributed by atoms with van der Waals surface area (Å²) in [6.07, 6.45) is 4.01. The molecule has 2 aliphatic rings. The Morgan fingerprint density at radius 1 is 1.29 bits per heavy atom. The third kappa shape index (κ3) is 3.62. The SMILES string of the molecule is CNC(CC1CCOCC1)C1CCC(F)(F)C1. The fourth-order valence-corrected chi connectivity index (χ4v) is 3.21. The summed E-state index contributed by atoms with van der Waals surface area (Å²) in [4.78, 5) is 0. The van der Waals surface area contributed by atoms with E-state index in [-0.39, 0.29) is 24.8 Å². The molecule has 1 aliphatic carbocycles. The van der Waals surface area contributed by atoms with Gasteiger partial charge < -0.3 is 10.1 Å². The number of nitrogens with one attached hydrogen (secondary N) is 1. The van der Waals surface area contributed by atoms with Crippen LogP contribution in [0.25, 0.3) is 0 Å². The van der Waals surface area contributed by atoms with Gasteiger partial charge in [-0.25, -0.2) is 8.78 Å². The van der Waals surface area contributed by atoms with Crippen molar-refractivity contribution in [3.05, 3.63) is 0 Å². The Morgan fingerprint density at radius 3 is 2.53 bits per heavy atom. The largest absolute Gasteiger partial charge is 0.381 e. The second-order valence-electron chi connectivity index (χ2n) is 5.55. The molecule has 0 bridgehead atoms. The summed E-state index contributed by atoms with van der Waals surface area (Å²) in [6, 6.07) is 0.256. The Labute approximate surface area is 102 Å². The highest BCUT2D eigenvalue weighted by Gasteiger charge is 2.42. The summed E-state index contributed by atoms with van der Waals surface area (Å²) in [6.45, 7) is 1.67. The minimum Gasteiger partial charge on any atom is -0.381 e. The lowest BCUT2D eigenvalue weighted by atomic mass is 9.86. The molecule has 1 aliphatic heterocycles. The van der Waals surface area contributed by atoms with Crippen molar-refractivity contribution < 1.29 is 13.5 Å². The lowest BCUT2D eigenvalue weighted by Gasteiger charge is -2.29. The molecule has 17 heavy (non-hydrogen) atoms. The molecule has 4 heteroatoms. The van der Waals surface area contributed by atoms with E-state index in [2.05, 4.69) is 5.32 Å². The molecule has 0 radical (unpaired) electrons. The second-order valence-corrected chi connectivity index (χ2v) is 5.55. The smallest absolute Gasteiger partial charge is 0.248 e. The van der Waals surface area contributed by atoms with Crippen molar-refractivity contribution in [2.24, 2.45) is 11.8 Å². The van der Waals surface area contributed by atoms with Gasteiger partial charge >= 0.3 is 0 Å². The summed E-state index contributed by atoms with van der Waals surface area (Å²) >= 11 is 0. The molecule has 0 aromatic rings. The fraction of sp³-hybridized carbons (Fsp3) is 1.00. The fourth-order valence-electron chi connectivity index (χ4n) is 3.21. The minimum atomic E-state index is -2.42. The van der Waals surface area contributed by atoms with Crippen molar-refractivity contribution in [1.82, 2.24) is 5.32 Å². The molecule has 0 spiro atoms. The average Bonchev–Trinajstić information content (AvgIpc) is 2.68. The van der Waals surface area contributed by atoms with E-state index in [1.54, 1.807) is 0 Å². The third-order valence-electron chi connectivity index (χ3n) is 4.31. The molecule has 1 saturated heterocycles. The van der Waals surface area contributed by atoms with Crippen LogP contribution in [0.1, 0.15) is 38.5 Å². The molecular weight excluding hydrogens is 224 g/mol. The quantitative estimate of drug-likeness (QED) is 0.825. The summed E-state index contributed by atoms with van der Waals surface area (Å²) in [7, 11) is 1.90. The number of alkyl halides is 2. The standard InChI is InChI=1S/C13H23F2NO/c1-16-12(8-10-3-6-17-7-4-10)11-2-5-13(14,15)9-11/h10-12,16H,2-9H2,1H3. The van der Waals surface area contributed by atoms with Crippen LogP contribution >= 0.6 is 0 Å². The first kappa shape index (κ1) is 13.2. The van der Waals surface area contributed by atoms with Crippen molar-refractivity contribution in [1.29, 1.82) is 0 Å². The zero-order valence-electron chi connectivity index (χ0n) is 10.6. The van der Waals surface area contributed by atoms with Gasteiger partial charge in [-0.1, -0.05) is 0 Å². The molecule has 1 saturated carbocycles. The number of halogens is 2. The van der Waals surface area contributed by atoms with Gasteiger partial charge in [0, 0.05) is 32.1 Å². The van der Waals surface area contributed by atoms with Crippen molar-refractivity contribution in [2.75, 3.05) is 20.3 Å². The predicted octanol–water partition coefficient (Wildman–Crippen LogP) is 2.83. The molecular formula is C13H23F2NO. The number of rotatable bonds is 4. The maximum absolute atomic E-state index is 13.2. The van der Waals surface area contributed by atoms with E-state index < -0.39 is 5.92 Å². The molecule has 2 unspecified atom stereocenters. The zero-order valence-corrected chi connectivity index (χ0v) is 10.6. The van der Waals surface area contributed by atoms with Crippen LogP contribution in [-0.4, -0.2) is 32.2 Å². The lowest BCUT2D eigenvalue weighted by molar-refractivity contribution is 0.00212. The average molecular weight is 247 g/mol. The monoisotopic (exact) mass is 247 g/mol. The van der Waals surface area contributed by atoms with E-state index in [1.165, 1.54) is 0 Å². The molecule has 0 aromatic carbocycles. The highest BCUT2D eigenvalue weighted by atomic mass is 19.3. The third-order valence-corrected chi connectivity index (χ3v) is 4.31. The number of hydrogen-bond donors (Lipinski definition) is 1. The number of hydrogen-bond acceptors (Lipinski definition) is 2. The summed E-state index contributed by atoms with van der Waals surface area (Å²) in [5, 5.41) is 3.25. The predicted molar refractivity (Wildman–Crippen MR) is 63.3 cm³/mol. The molecule has 1 heterocycles. The van der Waals surface area contributed by atoms with Gasteiger partial charge in [-0.2, -0.15) is 0 Å². The first-order valence-corrected chi connectivity index (χ1v) is 6.73.